The molecule has 0 aliphatic carbocycles. The lowest BCUT2D eigenvalue weighted by atomic mass is 10.1. The first kappa shape index (κ1) is 20.1. The number of aromatic nitrogens is 2. The molecule has 6 rings (SSSR count). The van der Waals surface area contributed by atoms with Crippen molar-refractivity contribution in [3.63, 3.8) is 0 Å². The molecule has 6 aromatic rings. The molecule has 4 heteroatoms. The molecule has 0 spiro atoms. The summed E-state index contributed by atoms with van der Waals surface area (Å²) in [7, 11) is 1.68. The lowest BCUT2D eigenvalue weighted by molar-refractivity contribution is 0.415. The van der Waals surface area contributed by atoms with Crippen LogP contribution in [0.4, 0.5) is 5.69 Å². The van der Waals surface area contributed by atoms with Crippen molar-refractivity contribution < 1.29 is 4.74 Å². The molecule has 0 radical (unpaired) electrons. The average Bonchev–Trinajstić information content (AvgIpc) is 3.49. The second-order valence-corrected chi connectivity index (χ2v) is 8.23. The van der Waals surface area contributed by atoms with Crippen LogP contribution in [-0.2, 0) is 0 Å². The molecular weight excluding hydrogens is 418 g/mol. The zero-order chi connectivity index (χ0) is 22.9. The normalized spacial score (nSPS) is 11.6. The van der Waals surface area contributed by atoms with Crippen LogP contribution in [0, 0.1) is 0 Å². The Balaban J connectivity index is 1.46. The predicted molar refractivity (Wildman–Crippen MR) is 141 cm³/mol. The minimum absolute atomic E-state index is 0.836. The molecule has 2 heterocycles. The third-order valence-corrected chi connectivity index (χ3v) is 6.18. The van der Waals surface area contributed by atoms with E-state index in [1.54, 1.807) is 7.11 Å². The summed E-state index contributed by atoms with van der Waals surface area (Å²) in [6, 6.07) is 35.2. The van der Waals surface area contributed by atoms with Crippen molar-refractivity contribution >= 4 is 33.7 Å². The van der Waals surface area contributed by atoms with Crippen LogP contribution in [0.3, 0.4) is 0 Å². The first-order valence-corrected chi connectivity index (χ1v) is 11.3. The molecule has 0 saturated heterocycles. The van der Waals surface area contributed by atoms with Crippen molar-refractivity contribution in [1.82, 2.24) is 9.97 Å². The van der Waals surface area contributed by atoms with Gasteiger partial charge >= 0.3 is 0 Å². The van der Waals surface area contributed by atoms with Gasteiger partial charge in [0.05, 0.1) is 18.5 Å². The first-order chi connectivity index (χ1) is 16.8. The quantitative estimate of drug-likeness (QED) is 0.264. The molecule has 2 aromatic heterocycles. The van der Waals surface area contributed by atoms with Gasteiger partial charge in [-0.25, -0.2) is 0 Å². The fourth-order valence-corrected chi connectivity index (χ4v) is 4.45. The van der Waals surface area contributed by atoms with Crippen LogP contribution in [0.5, 0.6) is 5.75 Å². The second kappa shape index (κ2) is 8.41. The molecule has 0 saturated carbocycles. The number of ether oxygens (including phenoxy) is 1. The first-order valence-electron chi connectivity index (χ1n) is 11.3. The summed E-state index contributed by atoms with van der Waals surface area (Å²) in [6.45, 7) is 0. The predicted octanol–water partition coefficient (Wildman–Crippen LogP) is 7.74. The fourth-order valence-electron chi connectivity index (χ4n) is 4.45. The Kier molecular flexibility index (Phi) is 4.96. The van der Waals surface area contributed by atoms with Gasteiger partial charge < -0.3 is 14.7 Å². The van der Waals surface area contributed by atoms with E-state index in [0.717, 1.165) is 55.9 Å². The fraction of sp³-hybridized carbons (Fsp3) is 0.0333. The molecule has 34 heavy (non-hydrogen) atoms. The molecule has 2 N–H and O–H groups in total. The van der Waals surface area contributed by atoms with Gasteiger partial charge in [0.1, 0.15) is 5.75 Å². The van der Waals surface area contributed by atoms with E-state index in [0.29, 0.717) is 0 Å². The van der Waals surface area contributed by atoms with E-state index in [2.05, 4.69) is 76.7 Å². The highest BCUT2D eigenvalue weighted by Crippen LogP contribution is 2.34. The van der Waals surface area contributed by atoms with Gasteiger partial charge in [-0.2, -0.15) is 0 Å². The van der Waals surface area contributed by atoms with Gasteiger partial charge in [0, 0.05) is 44.8 Å². The molecular formula is C30H23N3O. The molecule has 0 unspecified atom stereocenters. The van der Waals surface area contributed by atoms with Crippen molar-refractivity contribution in [2.45, 2.75) is 0 Å². The molecule has 0 aliphatic heterocycles. The van der Waals surface area contributed by atoms with Crippen molar-refractivity contribution in [3.05, 3.63) is 109 Å². The van der Waals surface area contributed by atoms with Gasteiger partial charge in [0.25, 0.3) is 0 Å². The number of fused-ring (bicyclic) bond motifs is 2. The number of H-pyrrole nitrogens is 2. The van der Waals surface area contributed by atoms with Gasteiger partial charge in [-0.15, -0.1) is 0 Å². The van der Waals surface area contributed by atoms with Crippen LogP contribution in [0.25, 0.3) is 44.3 Å². The third kappa shape index (κ3) is 3.55. The lowest BCUT2D eigenvalue weighted by Crippen LogP contribution is -1.87. The van der Waals surface area contributed by atoms with E-state index in [1.165, 1.54) is 5.39 Å². The summed E-state index contributed by atoms with van der Waals surface area (Å²) in [5, 5.41) is 2.33. The van der Waals surface area contributed by atoms with Crippen LogP contribution in [0.15, 0.2) is 108 Å². The van der Waals surface area contributed by atoms with Gasteiger partial charge in [-0.1, -0.05) is 54.6 Å². The van der Waals surface area contributed by atoms with Crippen molar-refractivity contribution in [1.29, 1.82) is 0 Å². The van der Waals surface area contributed by atoms with Crippen molar-refractivity contribution in [3.8, 4) is 28.3 Å². The smallest absolute Gasteiger partial charge is 0.118 e. The molecule has 0 aliphatic rings. The number of hydrogen-bond acceptors (Lipinski definition) is 2. The van der Waals surface area contributed by atoms with E-state index >= 15 is 0 Å². The average molecular weight is 442 g/mol. The molecule has 4 nitrogen and oxygen atoms in total. The Hall–Kier alpha value is -4.57. The Labute approximate surface area is 197 Å². The van der Waals surface area contributed by atoms with Crippen molar-refractivity contribution in [2.24, 2.45) is 4.99 Å². The van der Waals surface area contributed by atoms with E-state index in [4.69, 9.17) is 9.73 Å². The van der Waals surface area contributed by atoms with Crippen LogP contribution in [0.2, 0.25) is 0 Å². The maximum Gasteiger partial charge on any atom is 0.118 e. The Morgan fingerprint density at radius 3 is 2.29 bits per heavy atom. The maximum absolute atomic E-state index is 5.34. The SMILES string of the molecule is COc1ccc(-c2[nH]c3ccccc3c2C=Nc2ccccc2-c2cc3ccccc3[nH]2)cc1. The molecule has 0 amide bonds. The minimum atomic E-state index is 0.836. The number of nitrogens with zero attached hydrogens (tertiary/aromatic N) is 1. The number of rotatable bonds is 5. The highest BCUT2D eigenvalue weighted by atomic mass is 16.5. The van der Waals surface area contributed by atoms with Crippen LogP contribution >= 0.6 is 0 Å². The van der Waals surface area contributed by atoms with E-state index in [1.807, 2.05) is 42.6 Å². The zero-order valence-corrected chi connectivity index (χ0v) is 18.7. The topological polar surface area (TPSA) is 53.2 Å². The largest absolute Gasteiger partial charge is 0.497 e. The minimum Gasteiger partial charge on any atom is -0.497 e. The van der Waals surface area contributed by atoms with Gasteiger partial charge in [0.2, 0.25) is 0 Å². The Morgan fingerprint density at radius 1 is 0.735 bits per heavy atom. The summed E-state index contributed by atoms with van der Waals surface area (Å²) < 4.78 is 5.34. The molecule has 0 atom stereocenters. The third-order valence-electron chi connectivity index (χ3n) is 6.18. The summed E-state index contributed by atoms with van der Waals surface area (Å²) in [6.07, 6.45) is 1.97. The van der Waals surface area contributed by atoms with Gasteiger partial charge in [0.15, 0.2) is 0 Å². The molecule has 0 fully saturated rings. The Bertz CT molecular complexity index is 1600. The van der Waals surface area contributed by atoms with E-state index in [9.17, 15) is 0 Å². The highest BCUT2D eigenvalue weighted by Gasteiger charge is 2.13. The number of aliphatic imine (C=N–C) groups is 1. The second-order valence-electron chi connectivity index (χ2n) is 8.23. The van der Waals surface area contributed by atoms with Gasteiger partial charge in [-0.05, 0) is 54.1 Å². The Morgan fingerprint density at radius 2 is 1.47 bits per heavy atom. The number of para-hydroxylation sites is 3. The van der Waals surface area contributed by atoms with Crippen LogP contribution < -0.4 is 4.74 Å². The van der Waals surface area contributed by atoms with Crippen LogP contribution in [-0.4, -0.2) is 23.3 Å². The lowest BCUT2D eigenvalue weighted by Gasteiger charge is -2.05. The number of hydrogen-bond donors (Lipinski definition) is 2. The summed E-state index contributed by atoms with van der Waals surface area (Å²) in [5.74, 6) is 0.836. The summed E-state index contributed by atoms with van der Waals surface area (Å²) in [5.41, 5.74) is 8.43. The molecule has 4 aromatic carbocycles. The van der Waals surface area contributed by atoms with E-state index < -0.39 is 0 Å². The standard InChI is InChI=1S/C30H23N3O/c1-34-22-16-14-20(15-17-22)30-25(23-9-3-7-13-28(23)33-30)19-31-27-12-6-4-10-24(27)29-18-21-8-2-5-11-26(21)32-29/h2-19,32-33H,1H3. The monoisotopic (exact) mass is 441 g/mol. The van der Waals surface area contributed by atoms with Gasteiger partial charge in [-0.3, -0.25) is 4.99 Å². The number of benzene rings is 4. The number of nitrogens with one attached hydrogen (secondary N) is 2. The highest BCUT2D eigenvalue weighted by molar-refractivity contribution is 6.06. The number of methoxy groups -OCH3 is 1. The van der Waals surface area contributed by atoms with E-state index in [-0.39, 0.29) is 0 Å². The summed E-state index contributed by atoms with van der Waals surface area (Å²) in [4.78, 5) is 12.1. The number of aromatic amines is 2. The molecule has 164 valence electrons. The van der Waals surface area contributed by atoms with Crippen LogP contribution in [0.1, 0.15) is 5.56 Å². The zero-order valence-electron chi connectivity index (χ0n) is 18.7. The summed E-state index contributed by atoms with van der Waals surface area (Å²) >= 11 is 0. The maximum atomic E-state index is 5.34. The molecule has 0 bridgehead atoms. The van der Waals surface area contributed by atoms with Crippen molar-refractivity contribution in [2.75, 3.05) is 7.11 Å².